The van der Waals surface area contributed by atoms with E-state index in [9.17, 15) is 9.18 Å². The van der Waals surface area contributed by atoms with Crippen LogP contribution in [0.3, 0.4) is 0 Å². The zero-order chi connectivity index (χ0) is 23.3. The number of rotatable bonds is 3. The Balaban J connectivity index is 1.59. The Labute approximate surface area is 202 Å². The summed E-state index contributed by atoms with van der Waals surface area (Å²) in [6.45, 7) is 0.654. The van der Waals surface area contributed by atoms with E-state index < -0.39 is 5.60 Å². The molecule has 2 aliphatic heterocycles. The maximum atomic E-state index is 14.1. The third-order valence-corrected chi connectivity index (χ3v) is 7.21. The van der Waals surface area contributed by atoms with Crippen molar-refractivity contribution in [2.45, 2.75) is 30.5 Å². The first-order chi connectivity index (χ1) is 16.6. The Morgan fingerprint density at radius 2 is 1.59 bits per heavy atom. The van der Waals surface area contributed by atoms with Crippen LogP contribution in [0.4, 0.5) is 10.1 Å². The fraction of sp³-hybridized carbons (Fsp3) is 0.179. The molecule has 0 aliphatic carbocycles. The Hall–Kier alpha value is -3.41. The Morgan fingerprint density at radius 1 is 0.882 bits per heavy atom. The molecule has 2 aliphatic rings. The average Bonchev–Trinajstić information content (AvgIpc) is 3.47. The summed E-state index contributed by atoms with van der Waals surface area (Å²) in [6, 6.07) is 27.3. The number of aryl methyl sites for hydroxylation is 1. The van der Waals surface area contributed by atoms with Crippen LogP contribution >= 0.6 is 11.6 Å². The van der Waals surface area contributed by atoms with E-state index in [1.165, 1.54) is 12.1 Å². The first kappa shape index (κ1) is 21.1. The molecule has 1 aromatic heterocycles. The van der Waals surface area contributed by atoms with Crippen molar-refractivity contribution in [1.29, 1.82) is 0 Å². The smallest absolute Gasteiger partial charge is 0.214 e. The normalized spacial score (nSPS) is 23.9. The van der Waals surface area contributed by atoms with Crippen LogP contribution in [-0.4, -0.2) is 16.0 Å². The highest BCUT2D eigenvalue weighted by molar-refractivity contribution is 6.30. The van der Waals surface area contributed by atoms with Gasteiger partial charge >= 0.3 is 0 Å². The van der Waals surface area contributed by atoms with Crippen molar-refractivity contribution >= 4 is 23.1 Å². The van der Waals surface area contributed by atoms with E-state index in [1.807, 2.05) is 82.6 Å². The molecule has 0 radical (unpaired) electrons. The zero-order valence-corrected chi connectivity index (χ0v) is 19.0. The van der Waals surface area contributed by atoms with Crippen molar-refractivity contribution in [2.24, 2.45) is 0 Å². The number of aromatic nitrogens is 1. The predicted molar refractivity (Wildman–Crippen MR) is 129 cm³/mol. The van der Waals surface area contributed by atoms with Crippen LogP contribution in [0.25, 0.3) is 0 Å². The summed E-state index contributed by atoms with van der Waals surface area (Å²) >= 11 is 6.21. The summed E-state index contributed by atoms with van der Waals surface area (Å²) in [5, 5.41) is 2.49. The first-order valence-electron chi connectivity index (χ1n) is 11.3. The number of Topliss-reactive ketones (excluding diaryl/α,β-unsaturated/α-hetero) is 1. The van der Waals surface area contributed by atoms with Gasteiger partial charge in [0, 0.05) is 24.2 Å². The molecule has 0 bridgehead atoms. The van der Waals surface area contributed by atoms with Crippen molar-refractivity contribution in [3.63, 3.8) is 0 Å². The molecule has 0 N–H and O–H groups in total. The van der Waals surface area contributed by atoms with E-state index in [-0.39, 0.29) is 23.6 Å². The molecule has 34 heavy (non-hydrogen) atoms. The molecular formula is C28H22ClFN2O2. The fourth-order valence-corrected chi connectivity index (χ4v) is 5.52. The molecule has 4 nitrogen and oxygen atoms in total. The number of carbonyl (C=O) groups is 1. The Bertz CT molecular complexity index is 1340. The number of ketones is 1. The van der Waals surface area contributed by atoms with Crippen LogP contribution in [-0.2, 0) is 11.4 Å². The van der Waals surface area contributed by atoms with Gasteiger partial charge in [0.15, 0.2) is 5.60 Å². The molecule has 0 amide bonds. The van der Waals surface area contributed by atoms with Gasteiger partial charge in [0.1, 0.15) is 5.82 Å². The standard InChI is InChI=1S/C28H22ClFN2O2/c29-21-12-8-20(9-13-21)26-25(19-10-14-22(30)15-11-19)28(34-32(26)23-5-2-1-3-6-23)16-18-31-17-4-7-24(31)27(28)33/h1-15,17,25-26H,16,18H2. The number of hydrogen-bond donors (Lipinski definition) is 0. The first-order valence-corrected chi connectivity index (χ1v) is 11.7. The second-order valence-electron chi connectivity index (χ2n) is 8.83. The van der Waals surface area contributed by atoms with E-state index in [0.29, 0.717) is 23.7 Å². The van der Waals surface area contributed by atoms with E-state index in [1.54, 1.807) is 12.1 Å². The molecule has 0 saturated carbocycles. The second-order valence-corrected chi connectivity index (χ2v) is 9.27. The van der Waals surface area contributed by atoms with Gasteiger partial charge in [-0.05, 0) is 59.7 Å². The van der Waals surface area contributed by atoms with Gasteiger partial charge in [0.05, 0.1) is 23.3 Å². The summed E-state index contributed by atoms with van der Waals surface area (Å²) in [7, 11) is 0. The summed E-state index contributed by atoms with van der Waals surface area (Å²) in [4.78, 5) is 20.8. The third kappa shape index (κ3) is 3.27. The predicted octanol–water partition coefficient (Wildman–Crippen LogP) is 6.58. The lowest BCUT2D eigenvalue weighted by atomic mass is 9.70. The van der Waals surface area contributed by atoms with Crippen LogP contribution in [0, 0.1) is 5.82 Å². The molecule has 3 aromatic carbocycles. The number of carbonyl (C=O) groups excluding carboxylic acids is 1. The van der Waals surface area contributed by atoms with Crippen molar-refractivity contribution < 1.29 is 14.0 Å². The fourth-order valence-electron chi connectivity index (χ4n) is 5.39. The van der Waals surface area contributed by atoms with Crippen LogP contribution in [0.2, 0.25) is 5.02 Å². The van der Waals surface area contributed by atoms with Gasteiger partial charge in [0.2, 0.25) is 5.78 Å². The lowest BCUT2D eigenvalue weighted by Gasteiger charge is -2.36. The SMILES string of the molecule is O=C1c2cccn2CCC12ON(c1ccccc1)C(c1ccc(Cl)cc1)C2c1ccc(F)cc1. The van der Waals surface area contributed by atoms with Crippen LogP contribution < -0.4 is 5.06 Å². The molecule has 4 aromatic rings. The second kappa shape index (κ2) is 8.12. The molecule has 3 atom stereocenters. The lowest BCUT2D eigenvalue weighted by Crippen LogP contribution is -2.48. The van der Waals surface area contributed by atoms with Gasteiger partial charge in [-0.3, -0.25) is 9.63 Å². The largest absolute Gasteiger partial charge is 0.345 e. The maximum absolute atomic E-state index is 14.1. The molecular weight excluding hydrogens is 451 g/mol. The highest BCUT2D eigenvalue weighted by Crippen LogP contribution is 2.56. The molecule has 6 heteroatoms. The van der Waals surface area contributed by atoms with Gasteiger partial charge in [-0.25, -0.2) is 9.45 Å². The Morgan fingerprint density at radius 3 is 2.32 bits per heavy atom. The minimum absolute atomic E-state index is 0.0598. The number of fused-ring (bicyclic) bond motifs is 1. The van der Waals surface area contributed by atoms with Crippen molar-refractivity contribution in [1.82, 2.24) is 4.57 Å². The van der Waals surface area contributed by atoms with Crippen molar-refractivity contribution in [3.8, 4) is 0 Å². The van der Waals surface area contributed by atoms with Gasteiger partial charge in [-0.2, -0.15) is 0 Å². The van der Waals surface area contributed by atoms with E-state index >= 15 is 0 Å². The quantitative estimate of drug-likeness (QED) is 0.337. The molecule has 6 rings (SSSR count). The van der Waals surface area contributed by atoms with Crippen LogP contribution in [0.1, 0.15) is 40.0 Å². The summed E-state index contributed by atoms with van der Waals surface area (Å²) in [6.07, 6.45) is 2.43. The summed E-state index contributed by atoms with van der Waals surface area (Å²) < 4.78 is 15.9. The van der Waals surface area contributed by atoms with Crippen LogP contribution in [0.15, 0.2) is 97.2 Å². The van der Waals surface area contributed by atoms with Gasteiger partial charge in [0.25, 0.3) is 0 Å². The van der Waals surface area contributed by atoms with E-state index in [0.717, 1.165) is 16.8 Å². The minimum Gasteiger partial charge on any atom is -0.345 e. The molecule has 1 spiro atoms. The van der Waals surface area contributed by atoms with Crippen molar-refractivity contribution in [3.05, 3.63) is 125 Å². The topological polar surface area (TPSA) is 34.5 Å². The van der Waals surface area contributed by atoms with Gasteiger partial charge in [-0.15, -0.1) is 0 Å². The van der Waals surface area contributed by atoms with Crippen LogP contribution in [0.5, 0.6) is 0 Å². The molecule has 3 unspecified atom stereocenters. The number of hydrogen-bond acceptors (Lipinski definition) is 3. The van der Waals surface area contributed by atoms with Crippen molar-refractivity contribution in [2.75, 3.05) is 5.06 Å². The number of hydroxylamine groups is 1. The highest BCUT2D eigenvalue weighted by Gasteiger charge is 2.61. The lowest BCUT2D eigenvalue weighted by molar-refractivity contribution is -0.0195. The van der Waals surface area contributed by atoms with Gasteiger partial charge < -0.3 is 4.57 Å². The molecule has 170 valence electrons. The molecule has 1 fully saturated rings. The number of benzene rings is 3. The third-order valence-electron chi connectivity index (χ3n) is 6.95. The van der Waals surface area contributed by atoms with Gasteiger partial charge in [-0.1, -0.05) is 54.1 Å². The number of para-hydroxylation sites is 1. The zero-order valence-electron chi connectivity index (χ0n) is 18.3. The summed E-state index contributed by atoms with van der Waals surface area (Å²) in [5.74, 6) is -0.746. The number of anilines is 1. The van der Waals surface area contributed by atoms with E-state index in [4.69, 9.17) is 16.4 Å². The Kier molecular flexibility index (Phi) is 5.05. The number of nitrogens with zero attached hydrogens (tertiary/aromatic N) is 2. The molecule has 1 saturated heterocycles. The van der Waals surface area contributed by atoms with E-state index in [2.05, 4.69) is 0 Å². The summed E-state index contributed by atoms with van der Waals surface area (Å²) in [5.41, 5.74) is 2.16. The number of halogens is 2. The highest BCUT2D eigenvalue weighted by atomic mass is 35.5. The maximum Gasteiger partial charge on any atom is 0.214 e. The monoisotopic (exact) mass is 472 g/mol. The minimum atomic E-state index is -1.13. The average molecular weight is 473 g/mol. The molecule has 3 heterocycles.